The molecule has 132 valence electrons. The van der Waals surface area contributed by atoms with Crippen LogP contribution in [0.2, 0.25) is 0 Å². The summed E-state index contributed by atoms with van der Waals surface area (Å²) >= 11 is 1.34. The molecule has 1 amide bonds. The van der Waals surface area contributed by atoms with Crippen molar-refractivity contribution in [1.29, 1.82) is 0 Å². The molecule has 0 aromatic carbocycles. The van der Waals surface area contributed by atoms with Crippen LogP contribution in [0.1, 0.15) is 45.9 Å². The molecule has 0 bridgehead atoms. The number of amides is 1. The molecular weight excluding hydrogens is 324 g/mol. The second-order valence-electron chi connectivity index (χ2n) is 5.89. The van der Waals surface area contributed by atoms with Crippen molar-refractivity contribution in [2.45, 2.75) is 52.2 Å². The van der Waals surface area contributed by atoms with Crippen LogP contribution in [0, 0.1) is 6.92 Å². The predicted molar refractivity (Wildman–Crippen MR) is 98.7 cm³/mol. The Morgan fingerprint density at radius 3 is 2.62 bits per heavy atom. The second kappa shape index (κ2) is 7.88. The molecule has 7 heteroatoms. The largest absolute Gasteiger partial charge is 0.353 e. The molecule has 6 nitrogen and oxygen atoms in total. The number of carbonyl (C=O) groups excluding carboxylic acids is 1. The lowest BCUT2D eigenvalue weighted by Gasteiger charge is -2.20. The van der Waals surface area contributed by atoms with E-state index in [9.17, 15) is 9.59 Å². The van der Waals surface area contributed by atoms with Gasteiger partial charge >= 0.3 is 0 Å². The number of nitrogens with one attached hydrogen (secondary N) is 1. The first-order valence-corrected chi connectivity index (χ1v) is 9.43. The average molecular weight is 350 g/mol. The van der Waals surface area contributed by atoms with E-state index in [0.29, 0.717) is 35.0 Å². The zero-order valence-electron chi connectivity index (χ0n) is 15.0. The fraction of sp³-hybridized carbons (Fsp3) is 0.588. The molecule has 0 radical (unpaired) electrons. The standard InChI is InChI=1S/C17H26N4O2S/c1-6-12(5)21-16(23)15-13(9-11(4)18-15)19-17(21)24-10-14(22)20(7-2)8-3/h9,12,18H,6-8,10H2,1-5H3/t12-/m1/s1. The number of fused-ring (bicyclic) bond motifs is 1. The van der Waals surface area contributed by atoms with Gasteiger partial charge in [-0.3, -0.25) is 14.2 Å². The van der Waals surface area contributed by atoms with Crippen molar-refractivity contribution in [3.05, 3.63) is 22.1 Å². The number of rotatable bonds is 7. The molecule has 24 heavy (non-hydrogen) atoms. The van der Waals surface area contributed by atoms with E-state index in [1.54, 1.807) is 9.47 Å². The highest BCUT2D eigenvalue weighted by atomic mass is 32.2. The number of nitrogens with zero attached hydrogens (tertiary/aromatic N) is 3. The Morgan fingerprint density at radius 1 is 1.38 bits per heavy atom. The maximum Gasteiger partial charge on any atom is 0.278 e. The SMILES string of the molecule is CC[C@@H](C)n1c(SCC(=O)N(CC)CC)nc2cc(C)[nH]c2c1=O. The Labute approximate surface area is 146 Å². The fourth-order valence-corrected chi connectivity index (χ4v) is 3.66. The lowest BCUT2D eigenvalue weighted by atomic mass is 10.2. The molecule has 0 spiro atoms. The van der Waals surface area contributed by atoms with E-state index in [-0.39, 0.29) is 17.5 Å². The van der Waals surface area contributed by atoms with Gasteiger partial charge in [0.25, 0.3) is 5.56 Å². The van der Waals surface area contributed by atoms with E-state index in [4.69, 9.17) is 0 Å². The first kappa shape index (κ1) is 18.6. The number of aromatic amines is 1. The fourth-order valence-electron chi connectivity index (χ4n) is 2.66. The molecule has 0 aliphatic rings. The van der Waals surface area contributed by atoms with Gasteiger partial charge in [-0.05, 0) is 40.2 Å². The van der Waals surface area contributed by atoms with E-state index in [1.807, 2.05) is 40.7 Å². The van der Waals surface area contributed by atoms with E-state index in [1.165, 1.54) is 11.8 Å². The zero-order valence-corrected chi connectivity index (χ0v) is 15.9. The van der Waals surface area contributed by atoms with Gasteiger partial charge in [0.15, 0.2) is 5.16 Å². The van der Waals surface area contributed by atoms with Crippen LogP contribution >= 0.6 is 11.8 Å². The normalized spacial score (nSPS) is 12.5. The van der Waals surface area contributed by atoms with Gasteiger partial charge in [-0.2, -0.15) is 0 Å². The van der Waals surface area contributed by atoms with Crippen molar-refractivity contribution in [3.8, 4) is 0 Å². The number of hydrogen-bond donors (Lipinski definition) is 1. The Balaban J connectivity index is 2.40. The molecule has 1 atom stereocenters. The predicted octanol–water partition coefficient (Wildman–Crippen LogP) is 2.96. The number of thioether (sulfide) groups is 1. The van der Waals surface area contributed by atoms with E-state index in [2.05, 4.69) is 9.97 Å². The van der Waals surface area contributed by atoms with Crippen molar-refractivity contribution in [2.75, 3.05) is 18.8 Å². The minimum absolute atomic E-state index is 0.0315. The Bertz CT molecular complexity index is 777. The van der Waals surface area contributed by atoms with Gasteiger partial charge in [0.05, 0.1) is 11.3 Å². The van der Waals surface area contributed by atoms with E-state index >= 15 is 0 Å². The molecule has 0 aliphatic heterocycles. The Morgan fingerprint density at radius 2 is 2.04 bits per heavy atom. The minimum atomic E-state index is -0.0692. The van der Waals surface area contributed by atoms with Crippen molar-refractivity contribution in [2.24, 2.45) is 0 Å². The van der Waals surface area contributed by atoms with Gasteiger partial charge in [-0.1, -0.05) is 18.7 Å². The number of carbonyl (C=O) groups is 1. The summed E-state index contributed by atoms with van der Waals surface area (Å²) in [5, 5.41) is 0.612. The van der Waals surface area contributed by atoms with Crippen LogP contribution in [-0.4, -0.2) is 44.2 Å². The molecule has 2 aromatic rings. The van der Waals surface area contributed by atoms with Gasteiger partial charge in [-0.25, -0.2) is 4.98 Å². The number of hydrogen-bond acceptors (Lipinski definition) is 4. The molecule has 0 aliphatic carbocycles. The summed E-state index contributed by atoms with van der Waals surface area (Å²) in [5.41, 5.74) is 2.04. The highest BCUT2D eigenvalue weighted by molar-refractivity contribution is 7.99. The first-order valence-electron chi connectivity index (χ1n) is 8.45. The molecule has 2 heterocycles. The lowest BCUT2D eigenvalue weighted by Crippen LogP contribution is -2.32. The van der Waals surface area contributed by atoms with Crippen LogP contribution in [0.3, 0.4) is 0 Å². The quantitative estimate of drug-likeness (QED) is 0.615. The molecule has 0 fully saturated rings. The van der Waals surface area contributed by atoms with Crippen LogP contribution in [0.5, 0.6) is 0 Å². The molecule has 0 unspecified atom stereocenters. The maximum absolute atomic E-state index is 12.8. The van der Waals surface area contributed by atoms with Crippen LogP contribution < -0.4 is 5.56 Å². The number of aryl methyl sites for hydroxylation is 1. The molecule has 2 aromatic heterocycles. The van der Waals surface area contributed by atoms with E-state index < -0.39 is 0 Å². The number of aromatic nitrogens is 3. The van der Waals surface area contributed by atoms with Crippen LogP contribution in [-0.2, 0) is 4.79 Å². The van der Waals surface area contributed by atoms with Crippen LogP contribution in [0.4, 0.5) is 0 Å². The monoisotopic (exact) mass is 350 g/mol. The van der Waals surface area contributed by atoms with Crippen LogP contribution in [0.15, 0.2) is 16.0 Å². The van der Waals surface area contributed by atoms with Gasteiger partial charge in [0.2, 0.25) is 5.91 Å². The highest BCUT2D eigenvalue weighted by Crippen LogP contribution is 2.23. The molecule has 1 N–H and O–H groups in total. The first-order chi connectivity index (χ1) is 11.4. The van der Waals surface area contributed by atoms with Crippen molar-refractivity contribution >= 4 is 28.7 Å². The topological polar surface area (TPSA) is 71.0 Å². The average Bonchev–Trinajstić information content (AvgIpc) is 2.94. The van der Waals surface area contributed by atoms with Crippen LogP contribution in [0.25, 0.3) is 11.0 Å². The smallest absolute Gasteiger partial charge is 0.278 e. The van der Waals surface area contributed by atoms with Crippen molar-refractivity contribution in [3.63, 3.8) is 0 Å². The third-order valence-corrected chi connectivity index (χ3v) is 5.20. The lowest BCUT2D eigenvalue weighted by molar-refractivity contribution is -0.127. The van der Waals surface area contributed by atoms with Gasteiger partial charge in [0.1, 0.15) is 5.52 Å². The summed E-state index contributed by atoms with van der Waals surface area (Å²) in [6, 6.07) is 1.90. The summed E-state index contributed by atoms with van der Waals surface area (Å²) in [4.78, 5) is 34.6. The molecule has 0 saturated heterocycles. The highest BCUT2D eigenvalue weighted by Gasteiger charge is 2.19. The summed E-state index contributed by atoms with van der Waals surface area (Å²) in [5.74, 6) is 0.361. The molecule has 0 saturated carbocycles. The van der Waals surface area contributed by atoms with Gasteiger partial charge < -0.3 is 9.88 Å². The third-order valence-electron chi connectivity index (χ3n) is 4.26. The minimum Gasteiger partial charge on any atom is -0.353 e. The van der Waals surface area contributed by atoms with Gasteiger partial charge in [0, 0.05) is 24.8 Å². The zero-order chi connectivity index (χ0) is 17.9. The third kappa shape index (κ3) is 3.66. The molecular formula is C17H26N4O2S. The maximum atomic E-state index is 12.8. The summed E-state index contributed by atoms with van der Waals surface area (Å²) in [7, 11) is 0. The van der Waals surface area contributed by atoms with E-state index in [0.717, 1.165) is 12.1 Å². The van der Waals surface area contributed by atoms with Crippen molar-refractivity contribution < 1.29 is 4.79 Å². The summed E-state index contributed by atoms with van der Waals surface area (Å²) < 4.78 is 1.71. The Hall–Kier alpha value is -1.76. The summed E-state index contributed by atoms with van der Waals surface area (Å²) in [6.45, 7) is 11.3. The Kier molecular flexibility index (Phi) is 6.10. The van der Waals surface area contributed by atoms with Gasteiger partial charge in [-0.15, -0.1) is 0 Å². The molecule has 2 rings (SSSR count). The second-order valence-corrected chi connectivity index (χ2v) is 6.84. The van der Waals surface area contributed by atoms with Crippen molar-refractivity contribution in [1.82, 2.24) is 19.4 Å². The number of H-pyrrole nitrogens is 1. The summed E-state index contributed by atoms with van der Waals surface area (Å²) in [6.07, 6.45) is 0.824.